The Kier molecular flexibility index (Phi) is 15.3. The number of hydrogen-bond donors (Lipinski definition) is 0. The minimum absolute atomic E-state index is 0.0440. The summed E-state index contributed by atoms with van der Waals surface area (Å²) in [7, 11) is 0. The molecule has 0 aliphatic rings. The molecule has 0 radical (unpaired) electrons. The first kappa shape index (κ1) is 30.8. The minimum Gasteiger partial charge on any atom is -0.465 e. The number of esters is 4. The summed E-state index contributed by atoms with van der Waals surface area (Å²) in [5.74, 6) is -6.96. The summed E-state index contributed by atoms with van der Waals surface area (Å²) in [5.41, 5.74) is 0. The zero-order valence-electron chi connectivity index (χ0n) is 16.5. The number of carbonyl (C=O) groups is 6. The summed E-state index contributed by atoms with van der Waals surface area (Å²) in [4.78, 5) is 64.4. The van der Waals surface area contributed by atoms with Gasteiger partial charge in [-0.2, -0.15) is 13.2 Å². The third-order valence-corrected chi connectivity index (χ3v) is 3.39. The molecule has 15 heteroatoms. The molecule has 2 atom stereocenters. The topological polar surface area (TPSA) is 139 Å². The lowest BCUT2D eigenvalue weighted by molar-refractivity contribution is -0.199. The van der Waals surface area contributed by atoms with Crippen LogP contribution >= 0.6 is 23.2 Å². The summed E-state index contributed by atoms with van der Waals surface area (Å²) in [6.07, 6.45) is -5.20. The predicted octanol–water partition coefficient (Wildman–Crippen LogP) is 1.12. The van der Waals surface area contributed by atoms with Crippen LogP contribution < -0.4 is 0 Å². The van der Waals surface area contributed by atoms with E-state index in [4.69, 9.17) is 23.2 Å². The first-order valence-electron chi connectivity index (χ1n) is 8.23. The van der Waals surface area contributed by atoms with Crippen LogP contribution in [0.5, 0.6) is 0 Å². The molecule has 0 amide bonds. The van der Waals surface area contributed by atoms with E-state index in [0.717, 1.165) is 6.92 Å². The van der Waals surface area contributed by atoms with E-state index < -0.39 is 65.6 Å². The maximum absolute atomic E-state index is 11.7. The molecule has 0 rings (SSSR count). The second kappa shape index (κ2) is 15.4. The van der Waals surface area contributed by atoms with Gasteiger partial charge in [-0.15, -0.1) is 23.2 Å². The van der Waals surface area contributed by atoms with Gasteiger partial charge in [-0.25, -0.2) is 14.4 Å². The molecule has 0 aliphatic heterocycles. The standard InChI is InChI=1S/C8H8ClF3O5.C8H11ClO5/c1-2-16-6(14)5(9)4(13)3-17-7(15)8(10,11)12;1-3-13-8(12)7(9)6(11)4-14-5(2)10/h5H,2-3H2,1H3;7H,3-4H2,1-2H3. The largest absolute Gasteiger partial charge is 0.490 e. The van der Waals surface area contributed by atoms with E-state index in [-0.39, 0.29) is 13.2 Å². The zero-order valence-corrected chi connectivity index (χ0v) is 18.0. The van der Waals surface area contributed by atoms with E-state index in [1.54, 1.807) is 6.92 Å². The number of alkyl halides is 5. The second-order valence-electron chi connectivity index (χ2n) is 5.02. The van der Waals surface area contributed by atoms with Crippen molar-refractivity contribution in [3.05, 3.63) is 0 Å². The number of carbonyl (C=O) groups excluding carboxylic acids is 6. The quantitative estimate of drug-likeness (QED) is 0.186. The lowest BCUT2D eigenvalue weighted by Crippen LogP contribution is -2.33. The normalized spacial score (nSPS) is 12.3. The Morgan fingerprint density at radius 1 is 0.742 bits per heavy atom. The average Bonchev–Trinajstić information content (AvgIpc) is 2.68. The Bertz CT molecular complexity index is 667. The van der Waals surface area contributed by atoms with Gasteiger partial charge in [-0.1, -0.05) is 0 Å². The molecule has 0 aromatic heterocycles. The van der Waals surface area contributed by atoms with Crippen LogP contribution in [-0.2, 0) is 47.7 Å². The van der Waals surface area contributed by atoms with E-state index in [0.29, 0.717) is 0 Å². The van der Waals surface area contributed by atoms with Gasteiger partial charge in [-0.3, -0.25) is 14.4 Å². The molecule has 31 heavy (non-hydrogen) atoms. The van der Waals surface area contributed by atoms with Gasteiger partial charge >= 0.3 is 30.1 Å². The van der Waals surface area contributed by atoms with Crippen molar-refractivity contribution in [1.29, 1.82) is 0 Å². The van der Waals surface area contributed by atoms with Crippen molar-refractivity contribution in [3.8, 4) is 0 Å². The Morgan fingerprint density at radius 2 is 1.10 bits per heavy atom. The molecule has 0 saturated heterocycles. The Balaban J connectivity index is 0. The molecule has 0 aliphatic carbocycles. The van der Waals surface area contributed by atoms with E-state index in [1.165, 1.54) is 6.92 Å². The van der Waals surface area contributed by atoms with Crippen molar-refractivity contribution in [2.75, 3.05) is 26.4 Å². The second-order valence-corrected chi connectivity index (χ2v) is 5.89. The summed E-state index contributed by atoms with van der Waals surface area (Å²) in [6.45, 7) is 2.54. The number of Topliss-reactive ketones (excluding diaryl/α,β-unsaturated/α-hetero) is 2. The van der Waals surface area contributed by atoms with Crippen LogP contribution in [0.1, 0.15) is 20.8 Å². The van der Waals surface area contributed by atoms with Crippen molar-refractivity contribution >= 4 is 58.6 Å². The van der Waals surface area contributed by atoms with Crippen molar-refractivity contribution < 1.29 is 60.9 Å². The number of ether oxygens (including phenoxy) is 4. The van der Waals surface area contributed by atoms with Gasteiger partial charge in [-0.05, 0) is 13.8 Å². The van der Waals surface area contributed by atoms with Gasteiger partial charge < -0.3 is 18.9 Å². The highest BCUT2D eigenvalue weighted by Crippen LogP contribution is 2.16. The SMILES string of the molecule is CCOC(=O)C(Cl)C(=O)COC(=O)C(F)(F)F.CCOC(=O)C(Cl)C(=O)COC(C)=O. The van der Waals surface area contributed by atoms with Crippen LogP contribution in [0.3, 0.4) is 0 Å². The maximum Gasteiger partial charge on any atom is 0.490 e. The summed E-state index contributed by atoms with van der Waals surface area (Å²) >= 11 is 10.7. The van der Waals surface area contributed by atoms with E-state index >= 15 is 0 Å². The Hall–Kier alpha value is -2.41. The van der Waals surface area contributed by atoms with Gasteiger partial charge in [0.25, 0.3) is 0 Å². The third-order valence-electron chi connectivity index (χ3n) is 2.55. The van der Waals surface area contributed by atoms with Crippen LogP contribution in [0.25, 0.3) is 0 Å². The highest BCUT2D eigenvalue weighted by Gasteiger charge is 2.41. The van der Waals surface area contributed by atoms with Crippen LogP contribution in [0.2, 0.25) is 0 Å². The fraction of sp³-hybridized carbons (Fsp3) is 0.625. The number of ketones is 2. The molecule has 0 spiro atoms. The number of halogens is 5. The molecular weight excluding hydrogens is 480 g/mol. The average molecular weight is 499 g/mol. The smallest absolute Gasteiger partial charge is 0.465 e. The summed E-state index contributed by atoms with van der Waals surface area (Å²) < 4.78 is 51.8. The van der Waals surface area contributed by atoms with Gasteiger partial charge in [0.05, 0.1) is 13.2 Å². The van der Waals surface area contributed by atoms with Crippen LogP contribution in [0.15, 0.2) is 0 Å². The molecule has 0 fully saturated rings. The molecule has 0 saturated carbocycles. The molecule has 0 aromatic rings. The van der Waals surface area contributed by atoms with Gasteiger partial charge in [0.15, 0.2) is 35.5 Å². The molecule has 0 aromatic carbocycles. The molecule has 2 unspecified atom stereocenters. The molecular formula is C16H19Cl2F3O10. The molecule has 0 bridgehead atoms. The van der Waals surface area contributed by atoms with Crippen LogP contribution in [0, 0.1) is 0 Å². The first-order valence-corrected chi connectivity index (χ1v) is 9.10. The van der Waals surface area contributed by atoms with Gasteiger partial charge in [0, 0.05) is 6.92 Å². The zero-order chi connectivity index (χ0) is 24.8. The molecule has 0 N–H and O–H groups in total. The molecule has 10 nitrogen and oxygen atoms in total. The van der Waals surface area contributed by atoms with E-state index in [9.17, 15) is 41.9 Å². The fourth-order valence-corrected chi connectivity index (χ4v) is 1.48. The summed E-state index contributed by atoms with van der Waals surface area (Å²) in [6, 6.07) is 0. The monoisotopic (exact) mass is 498 g/mol. The van der Waals surface area contributed by atoms with E-state index in [2.05, 4.69) is 18.9 Å². The Labute approximate surface area is 184 Å². The maximum atomic E-state index is 11.7. The highest BCUT2D eigenvalue weighted by atomic mass is 35.5. The number of rotatable bonds is 10. The fourth-order valence-electron chi connectivity index (χ4n) is 1.23. The first-order chi connectivity index (χ1) is 14.2. The van der Waals surface area contributed by atoms with Crippen molar-refractivity contribution in [1.82, 2.24) is 0 Å². The molecule has 178 valence electrons. The third kappa shape index (κ3) is 14.3. The molecule has 0 heterocycles. The van der Waals surface area contributed by atoms with Gasteiger partial charge in [0.1, 0.15) is 0 Å². The highest BCUT2D eigenvalue weighted by molar-refractivity contribution is 6.41. The van der Waals surface area contributed by atoms with Crippen molar-refractivity contribution in [3.63, 3.8) is 0 Å². The van der Waals surface area contributed by atoms with Gasteiger partial charge in [0.2, 0.25) is 0 Å². The van der Waals surface area contributed by atoms with E-state index in [1.807, 2.05) is 0 Å². The van der Waals surface area contributed by atoms with Crippen molar-refractivity contribution in [2.24, 2.45) is 0 Å². The lowest BCUT2D eigenvalue weighted by Gasteiger charge is -2.09. The van der Waals surface area contributed by atoms with Crippen LogP contribution in [-0.4, -0.2) is 78.8 Å². The van der Waals surface area contributed by atoms with Crippen molar-refractivity contribution in [2.45, 2.75) is 37.7 Å². The Morgan fingerprint density at radius 3 is 1.39 bits per heavy atom. The predicted molar refractivity (Wildman–Crippen MR) is 96.2 cm³/mol. The minimum atomic E-state index is -5.20. The lowest BCUT2D eigenvalue weighted by atomic mass is 10.3. The number of hydrogen-bond acceptors (Lipinski definition) is 10. The summed E-state index contributed by atoms with van der Waals surface area (Å²) in [5, 5.41) is -3.20. The van der Waals surface area contributed by atoms with Crippen LogP contribution in [0.4, 0.5) is 13.2 Å².